The highest BCUT2D eigenvalue weighted by Crippen LogP contribution is 2.32. The average Bonchev–Trinajstić information content (AvgIpc) is 2.62. The number of para-hydroxylation sites is 1. The Morgan fingerprint density at radius 3 is 2.26 bits per heavy atom. The fourth-order valence-electron chi connectivity index (χ4n) is 2.64. The first-order valence-corrected chi connectivity index (χ1v) is 7.84. The number of hydrogen-bond acceptors (Lipinski definition) is 2. The molecule has 2 aromatic carbocycles. The van der Waals surface area contributed by atoms with Crippen LogP contribution in [0.25, 0.3) is 0 Å². The summed E-state index contributed by atoms with van der Waals surface area (Å²) in [5.74, 6) is -2.43. The van der Waals surface area contributed by atoms with Gasteiger partial charge in [-0.15, -0.1) is 0 Å². The van der Waals surface area contributed by atoms with Crippen LogP contribution in [0.4, 0.5) is 27.6 Å². The van der Waals surface area contributed by atoms with Gasteiger partial charge in [-0.3, -0.25) is 4.79 Å². The van der Waals surface area contributed by atoms with Gasteiger partial charge in [-0.2, -0.15) is 13.2 Å². The number of anilines is 1. The molecule has 1 aliphatic rings. The van der Waals surface area contributed by atoms with Crippen molar-refractivity contribution in [3.63, 3.8) is 0 Å². The summed E-state index contributed by atoms with van der Waals surface area (Å²) in [5, 5.41) is 2.37. The van der Waals surface area contributed by atoms with Gasteiger partial charge in [0.2, 0.25) is 0 Å². The molecule has 0 atom stereocenters. The van der Waals surface area contributed by atoms with E-state index in [9.17, 15) is 26.7 Å². The van der Waals surface area contributed by atoms with Crippen molar-refractivity contribution in [2.24, 2.45) is 0 Å². The van der Waals surface area contributed by atoms with Gasteiger partial charge in [0.1, 0.15) is 17.3 Å². The molecule has 1 heterocycles. The fourth-order valence-corrected chi connectivity index (χ4v) is 2.64. The summed E-state index contributed by atoms with van der Waals surface area (Å²) in [7, 11) is 0. The Hall–Kier alpha value is -3.16. The number of benzene rings is 2. The topological polar surface area (TPSA) is 32.3 Å². The normalized spacial score (nSPS) is 14.1. The average molecular weight is 380 g/mol. The van der Waals surface area contributed by atoms with Crippen LogP contribution in [0.15, 0.2) is 66.5 Å². The molecule has 0 aromatic heterocycles. The number of halogens is 5. The first-order chi connectivity index (χ1) is 12.8. The van der Waals surface area contributed by atoms with Gasteiger partial charge in [0.15, 0.2) is 0 Å². The van der Waals surface area contributed by atoms with Crippen LogP contribution in [0.1, 0.15) is 15.9 Å². The van der Waals surface area contributed by atoms with Gasteiger partial charge in [0.05, 0.1) is 11.1 Å². The Bertz CT molecular complexity index is 914. The minimum atomic E-state index is -4.66. The Labute approximate surface area is 151 Å². The fraction of sp³-hybridized carbons (Fsp3) is 0.105. The second kappa shape index (κ2) is 7.22. The van der Waals surface area contributed by atoms with E-state index < -0.39 is 34.8 Å². The van der Waals surface area contributed by atoms with E-state index in [2.05, 4.69) is 5.32 Å². The predicted octanol–water partition coefficient (Wildman–Crippen LogP) is 4.63. The van der Waals surface area contributed by atoms with Crippen LogP contribution < -0.4 is 10.2 Å². The monoisotopic (exact) mass is 380 g/mol. The second-order valence-electron chi connectivity index (χ2n) is 5.70. The third-order valence-electron chi connectivity index (χ3n) is 3.90. The molecule has 3 rings (SSSR count). The number of nitrogens with one attached hydrogen (secondary N) is 1. The number of alkyl halides is 3. The summed E-state index contributed by atoms with van der Waals surface area (Å²) < 4.78 is 66.7. The first-order valence-electron chi connectivity index (χ1n) is 7.84. The lowest BCUT2D eigenvalue weighted by Crippen LogP contribution is -2.29. The maximum absolute atomic E-state index is 13.8. The zero-order valence-electron chi connectivity index (χ0n) is 13.7. The summed E-state index contributed by atoms with van der Waals surface area (Å²) in [6, 6.07) is 7.89. The van der Waals surface area contributed by atoms with Crippen LogP contribution in [-0.2, 0) is 6.18 Å². The summed E-state index contributed by atoms with van der Waals surface area (Å²) in [5.41, 5.74) is -1.58. The molecular weight excluding hydrogens is 367 g/mol. The molecule has 1 aliphatic heterocycles. The highest BCUT2D eigenvalue weighted by Gasteiger charge is 2.34. The van der Waals surface area contributed by atoms with Crippen LogP contribution in [0.2, 0.25) is 0 Å². The summed E-state index contributed by atoms with van der Waals surface area (Å²) in [6.07, 6.45) is -0.528. The molecule has 2 aromatic rings. The third kappa shape index (κ3) is 3.99. The number of nitrogens with zero attached hydrogens (tertiary/aromatic N) is 1. The van der Waals surface area contributed by atoms with E-state index in [0.29, 0.717) is 0 Å². The van der Waals surface area contributed by atoms with E-state index in [-0.39, 0.29) is 17.9 Å². The van der Waals surface area contributed by atoms with E-state index >= 15 is 0 Å². The molecule has 0 unspecified atom stereocenters. The largest absolute Gasteiger partial charge is 0.417 e. The smallest absolute Gasteiger partial charge is 0.339 e. The molecule has 0 spiro atoms. The van der Waals surface area contributed by atoms with Crippen LogP contribution in [-0.4, -0.2) is 12.5 Å². The van der Waals surface area contributed by atoms with Gasteiger partial charge in [-0.05, 0) is 36.4 Å². The van der Waals surface area contributed by atoms with Crippen molar-refractivity contribution in [2.45, 2.75) is 6.18 Å². The number of carbonyl (C=O) groups excluding carboxylic acids is 1. The van der Waals surface area contributed by atoms with Gasteiger partial charge >= 0.3 is 6.18 Å². The van der Waals surface area contributed by atoms with E-state index in [1.165, 1.54) is 41.5 Å². The molecule has 8 heteroatoms. The molecule has 0 saturated heterocycles. The molecule has 0 aliphatic carbocycles. The number of hydrogen-bond donors (Lipinski definition) is 1. The number of rotatable bonds is 3. The van der Waals surface area contributed by atoms with Crippen LogP contribution in [0.3, 0.4) is 0 Å². The summed E-state index contributed by atoms with van der Waals surface area (Å²) in [6.45, 7) is 0.0326. The van der Waals surface area contributed by atoms with E-state index in [0.717, 1.165) is 24.3 Å². The van der Waals surface area contributed by atoms with Crippen molar-refractivity contribution in [1.82, 2.24) is 5.32 Å². The molecule has 27 heavy (non-hydrogen) atoms. The minimum absolute atomic E-state index is 0.0326. The quantitative estimate of drug-likeness (QED) is 0.788. The van der Waals surface area contributed by atoms with Crippen molar-refractivity contribution >= 4 is 11.6 Å². The Morgan fingerprint density at radius 1 is 1.00 bits per heavy atom. The van der Waals surface area contributed by atoms with Crippen molar-refractivity contribution in [3.8, 4) is 0 Å². The molecule has 1 amide bonds. The molecule has 0 radical (unpaired) electrons. The van der Waals surface area contributed by atoms with Crippen LogP contribution in [0, 0.1) is 11.6 Å². The van der Waals surface area contributed by atoms with Gasteiger partial charge in [-0.1, -0.05) is 18.2 Å². The first kappa shape index (κ1) is 18.6. The lowest BCUT2D eigenvalue weighted by molar-refractivity contribution is -0.137. The summed E-state index contributed by atoms with van der Waals surface area (Å²) in [4.78, 5) is 13.5. The maximum Gasteiger partial charge on any atom is 0.417 e. The highest BCUT2D eigenvalue weighted by molar-refractivity contribution is 5.97. The number of carbonyl (C=O) groups is 1. The Balaban J connectivity index is 1.75. The highest BCUT2D eigenvalue weighted by atomic mass is 19.4. The minimum Gasteiger partial charge on any atom is -0.339 e. The SMILES string of the molecule is O=C(NC1=CCN(c2c(F)cccc2F)C=C1)c1ccccc1C(F)(F)F. The molecule has 3 nitrogen and oxygen atoms in total. The predicted molar refractivity (Wildman–Crippen MR) is 89.8 cm³/mol. The van der Waals surface area contributed by atoms with Gasteiger partial charge in [0, 0.05) is 18.4 Å². The lowest BCUT2D eigenvalue weighted by atomic mass is 10.1. The van der Waals surface area contributed by atoms with Gasteiger partial charge in [0.25, 0.3) is 5.91 Å². The number of allylic oxidation sites excluding steroid dienone is 1. The van der Waals surface area contributed by atoms with Crippen LogP contribution in [0.5, 0.6) is 0 Å². The zero-order chi connectivity index (χ0) is 19.6. The van der Waals surface area contributed by atoms with Crippen molar-refractivity contribution in [3.05, 3.63) is 89.3 Å². The van der Waals surface area contributed by atoms with Crippen molar-refractivity contribution < 1.29 is 26.7 Å². The summed E-state index contributed by atoms with van der Waals surface area (Å²) >= 11 is 0. The van der Waals surface area contributed by atoms with E-state index in [1.807, 2.05) is 0 Å². The Kier molecular flexibility index (Phi) is 4.98. The molecule has 1 N–H and O–H groups in total. The second-order valence-corrected chi connectivity index (χ2v) is 5.70. The van der Waals surface area contributed by atoms with E-state index in [1.54, 1.807) is 0 Å². The van der Waals surface area contributed by atoms with Crippen molar-refractivity contribution in [2.75, 3.05) is 11.4 Å². The standard InChI is InChI=1S/C19H13F5N2O/c20-15-6-3-7-16(21)17(15)26-10-8-12(9-11-26)25-18(27)13-4-1-2-5-14(13)19(22,23)24/h1-10H,11H2,(H,25,27). The van der Waals surface area contributed by atoms with E-state index in [4.69, 9.17) is 0 Å². The van der Waals surface area contributed by atoms with Gasteiger partial charge in [-0.25, -0.2) is 8.78 Å². The Morgan fingerprint density at radius 2 is 1.67 bits per heavy atom. The molecule has 0 fully saturated rings. The molecular formula is C19H13F5N2O. The maximum atomic E-state index is 13.8. The molecule has 0 bridgehead atoms. The van der Waals surface area contributed by atoms with Crippen molar-refractivity contribution in [1.29, 1.82) is 0 Å². The molecule has 0 saturated carbocycles. The van der Waals surface area contributed by atoms with Gasteiger partial charge < -0.3 is 10.2 Å². The van der Waals surface area contributed by atoms with Crippen LogP contribution >= 0.6 is 0 Å². The lowest BCUT2D eigenvalue weighted by Gasteiger charge is -2.24. The number of amides is 1. The zero-order valence-corrected chi connectivity index (χ0v) is 13.7. The molecule has 140 valence electrons. The third-order valence-corrected chi connectivity index (χ3v) is 3.90.